The zero-order chi connectivity index (χ0) is 17.0. The summed E-state index contributed by atoms with van der Waals surface area (Å²) < 4.78 is 29.6. The maximum atomic E-state index is 12.0. The summed E-state index contributed by atoms with van der Waals surface area (Å²) in [6.07, 6.45) is 1.08. The molecule has 0 aliphatic rings. The molecule has 0 fully saturated rings. The van der Waals surface area contributed by atoms with Gasteiger partial charge in [0.25, 0.3) is 0 Å². The van der Waals surface area contributed by atoms with E-state index in [2.05, 4.69) is 20.5 Å². The normalized spacial score (nSPS) is 12.5. The van der Waals surface area contributed by atoms with E-state index in [0.29, 0.717) is 17.1 Å². The Morgan fingerprint density at radius 1 is 1.22 bits per heavy atom. The maximum Gasteiger partial charge on any atom is 0.248 e. The highest BCUT2D eigenvalue weighted by atomic mass is 32.2. The van der Waals surface area contributed by atoms with Crippen molar-refractivity contribution in [2.75, 3.05) is 21.6 Å². The fourth-order valence-electron chi connectivity index (χ4n) is 1.82. The second-order valence-corrected chi connectivity index (χ2v) is 6.89. The van der Waals surface area contributed by atoms with Crippen LogP contribution in [0.4, 0.5) is 17.3 Å². The number of aromatic nitrogens is 1. The van der Waals surface area contributed by atoms with E-state index in [1.165, 1.54) is 0 Å². The van der Waals surface area contributed by atoms with Crippen LogP contribution in [0.15, 0.2) is 34.9 Å². The number of nitrogens with one attached hydrogen (secondary N) is 3. The molecular formula is C14H18N4O4S. The van der Waals surface area contributed by atoms with E-state index >= 15 is 0 Å². The monoisotopic (exact) mass is 338 g/mol. The Balaban J connectivity index is 1.94. The first-order chi connectivity index (χ1) is 10.7. The van der Waals surface area contributed by atoms with Crippen molar-refractivity contribution in [1.82, 2.24) is 5.16 Å². The van der Waals surface area contributed by atoms with E-state index in [1.54, 1.807) is 44.2 Å². The number of hydrogen-bond donors (Lipinski definition) is 3. The number of carbonyl (C=O) groups is 1. The van der Waals surface area contributed by atoms with Gasteiger partial charge < -0.3 is 9.84 Å². The first-order valence-electron chi connectivity index (χ1n) is 6.81. The van der Waals surface area contributed by atoms with Crippen molar-refractivity contribution in [2.24, 2.45) is 0 Å². The molecule has 1 heterocycles. The maximum absolute atomic E-state index is 12.0. The lowest BCUT2D eigenvalue weighted by atomic mass is 10.2. The van der Waals surface area contributed by atoms with Crippen molar-refractivity contribution in [2.45, 2.75) is 19.9 Å². The molecular weight excluding hydrogens is 320 g/mol. The summed E-state index contributed by atoms with van der Waals surface area (Å²) in [5.41, 5.74) is 1.81. The van der Waals surface area contributed by atoms with Gasteiger partial charge in [-0.2, -0.15) is 0 Å². The molecule has 3 N–H and O–H groups in total. The Hall–Kier alpha value is -2.55. The van der Waals surface area contributed by atoms with Crippen molar-refractivity contribution in [3.63, 3.8) is 0 Å². The number of carbonyl (C=O) groups excluding carboxylic acids is 1. The third kappa shape index (κ3) is 5.29. The van der Waals surface area contributed by atoms with Crippen LogP contribution in [-0.4, -0.2) is 31.8 Å². The number of hydrogen-bond acceptors (Lipinski definition) is 6. The quantitative estimate of drug-likeness (QED) is 0.740. The predicted octanol–water partition coefficient (Wildman–Crippen LogP) is 1.79. The molecule has 0 aliphatic heterocycles. The molecule has 23 heavy (non-hydrogen) atoms. The molecule has 8 nitrogen and oxygen atoms in total. The van der Waals surface area contributed by atoms with Crippen LogP contribution in [0.1, 0.15) is 12.6 Å². The minimum atomic E-state index is -3.31. The fourth-order valence-corrected chi connectivity index (χ4v) is 2.38. The van der Waals surface area contributed by atoms with Gasteiger partial charge in [0.15, 0.2) is 0 Å². The van der Waals surface area contributed by atoms with E-state index in [0.717, 1.165) is 6.26 Å². The molecule has 1 aromatic carbocycles. The lowest BCUT2D eigenvalue weighted by molar-refractivity contribution is -0.116. The van der Waals surface area contributed by atoms with Gasteiger partial charge in [-0.15, -0.1) is 0 Å². The average Bonchev–Trinajstić information content (AvgIpc) is 2.84. The topological polar surface area (TPSA) is 113 Å². The highest BCUT2D eigenvalue weighted by Crippen LogP contribution is 2.16. The predicted molar refractivity (Wildman–Crippen MR) is 87.9 cm³/mol. The molecule has 2 aromatic rings. The standard InChI is InChI=1S/C14H18N4O4S/c1-9-8-13(22-17-9)16-14(19)10(2)15-11-4-6-12(7-5-11)18-23(3,20)21/h4-8,10,15,18H,1-3H3,(H,16,19). The number of benzene rings is 1. The Morgan fingerprint density at radius 2 is 1.83 bits per heavy atom. The zero-order valence-electron chi connectivity index (χ0n) is 13.0. The zero-order valence-corrected chi connectivity index (χ0v) is 13.8. The number of aryl methyl sites for hydroxylation is 1. The van der Waals surface area contributed by atoms with Crippen molar-refractivity contribution < 1.29 is 17.7 Å². The van der Waals surface area contributed by atoms with Gasteiger partial charge in [0.1, 0.15) is 6.04 Å². The summed E-state index contributed by atoms with van der Waals surface area (Å²) in [4.78, 5) is 12.0. The highest BCUT2D eigenvalue weighted by Gasteiger charge is 2.14. The van der Waals surface area contributed by atoms with Crippen LogP contribution in [0.5, 0.6) is 0 Å². The van der Waals surface area contributed by atoms with E-state index in [-0.39, 0.29) is 11.8 Å². The highest BCUT2D eigenvalue weighted by molar-refractivity contribution is 7.92. The van der Waals surface area contributed by atoms with Crippen LogP contribution in [0.25, 0.3) is 0 Å². The first-order valence-corrected chi connectivity index (χ1v) is 8.70. The van der Waals surface area contributed by atoms with E-state index in [1.807, 2.05) is 0 Å². The van der Waals surface area contributed by atoms with Crippen LogP contribution in [0.2, 0.25) is 0 Å². The molecule has 0 aliphatic carbocycles. The van der Waals surface area contributed by atoms with E-state index in [4.69, 9.17) is 4.52 Å². The Bertz CT molecular complexity index is 783. The Kier molecular flexibility index (Phi) is 4.89. The smallest absolute Gasteiger partial charge is 0.248 e. The summed E-state index contributed by atoms with van der Waals surface area (Å²) in [6.45, 7) is 3.45. The Labute approximate surface area is 134 Å². The molecule has 0 spiro atoms. The van der Waals surface area contributed by atoms with Gasteiger partial charge in [0.2, 0.25) is 21.8 Å². The molecule has 1 aromatic heterocycles. The number of anilines is 3. The summed E-state index contributed by atoms with van der Waals surface area (Å²) in [5, 5.41) is 9.30. The van der Waals surface area contributed by atoms with Crippen molar-refractivity contribution in [3.05, 3.63) is 36.0 Å². The van der Waals surface area contributed by atoms with Crippen LogP contribution >= 0.6 is 0 Å². The molecule has 0 saturated heterocycles. The second kappa shape index (κ2) is 6.69. The summed E-state index contributed by atoms with van der Waals surface area (Å²) >= 11 is 0. The molecule has 0 radical (unpaired) electrons. The lowest BCUT2D eigenvalue weighted by Crippen LogP contribution is -2.31. The van der Waals surface area contributed by atoms with Gasteiger partial charge in [-0.1, -0.05) is 5.16 Å². The van der Waals surface area contributed by atoms with Gasteiger partial charge in [-0.25, -0.2) is 8.42 Å². The van der Waals surface area contributed by atoms with Gasteiger partial charge in [0, 0.05) is 17.4 Å². The third-order valence-electron chi connectivity index (χ3n) is 2.84. The average molecular weight is 338 g/mol. The van der Waals surface area contributed by atoms with Gasteiger partial charge in [-0.3, -0.25) is 14.8 Å². The molecule has 1 atom stereocenters. The molecule has 9 heteroatoms. The minimum Gasteiger partial charge on any atom is -0.374 e. The molecule has 0 saturated carbocycles. The SMILES string of the molecule is Cc1cc(NC(=O)C(C)Nc2ccc(NS(C)(=O)=O)cc2)on1. The van der Waals surface area contributed by atoms with Gasteiger partial charge in [-0.05, 0) is 38.1 Å². The number of sulfonamides is 1. The van der Waals surface area contributed by atoms with Crippen LogP contribution in [-0.2, 0) is 14.8 Å². The van der Waals surface area contributed by atoms with Gasteiger partial charge >= 0.3 is 0 Å². The lowest BCUT2D eigenvalue weighted by Gasteiger charge is -2.14. The van der Waals surface area contributed by atoms with Crippen molar-refractivity contribution >= 4 is 33.2 Å². The number of amides is 1. The van der Waals surface area contributed by atoms with Crippen molar-refractivity contribution in [1.29, 1.82) is 0 Å². The van der Waals surface area contributed by atoms with Gasteiger partial charge in [0.05, 0.1) is 11.9 Å². The Morgan fingerprint density at radius 3 is 2.35 bits per heavy atom. The van der Waals surface area contributed by atoms with Crippen LogP contribution in [0, 0.1) is 6.92 Å². The van der Waals surface area contributed by atoms with Crippen molar-refractivity contribution in [3.8, 4) is 0 Å². The largest absolute Gasteiger partial charge is 0.374 e. The molecule has 2 rings (SSSR count). The molecule has 1 unspecified atom stereocenters. The van der Waals surface area contributed by atoms with E-state index < -0.39 is 16.1 Å². The summed E-state index contributed by atoms with van der Waals surface area (Å²) in [7, 11) is -3.31. The molecule has 1 amide bonds. The first kappa shape index (κ1) is 16.8. The minimum absolute atomic E-state index is 0.278. The van der Waals surface area contributed by atoms with Crippen LogP contribution < -0.4 is 15.4 Å². The number of rotatable bonds is 6. The second-order valence-electron chi connectivity index (χ2n) is 5.14. The molecule has 0 bridgehead atoms. The van der Waals surface area contributed by atoms with Crippen LogP contribution in [0.3, 0.4) is 0 Å². The molecule has 124 valence electrons. The number of nitrogens with zero attached hydrogens (tertiary/aromatic N) is 1. The summed E-state index contributed by atoms with van der Waals surface area (Å²) in [5.74, 6) is 0.00772. The third-order valence-corrected chi connectivity index (χ3v) is 3.45. The fraction of sp³-hybridized carbons (Fsp3) is 0.286. The van der Waals surface area contributed by atoms with E-state index in [9.17, 15) is 13.2 Å². The summed E-state index contributed by atoms with van der Waals surface area (Å²) in [6, 6.07) is 7.66.